The lowest BCUT2D eigenvalue weighted by Gasteiger charge is -2.40. The number of nitrogens with zero attached hydrogens (tertiary/aromatic N) is 1. The van der Waals surface area contributed by atoms with Gasteiger partial charge in [0.25, 0.3) is 0 Å². The average molecular weight is 459 g/mol. The number of unbranched alkanes of at least 4 members (excludes halogenated alkanes) is 2. The van der Waals surface area contributed by atoms with Gasteiger partial charge in [0.1, 0.15) is 12.6 Å². The third-order valence-corrected chi connectivity index (χ3v) is 5.62. The van der Waals surface area contributed by atoms with E-state index in [1.54, 1.807) is 0 Å². The smallest absolute Gasteiger partial charge is 0.328 e. The van der Waals surface area contributed by atoms with Gasteiger partial charge in [-0.25, -0.2) is 4.79 Å². The lowest BCUT2D eigenvalue weighted by molar-refractivity contribution is -0.151. The number of nitrogens with one attached hydrogen (secondary N) is 1. The van der Waals surface area contributed by atoms with Crippen molar-refractivity contribution in [2.45, 2.75) is 96.9 Å². The molecule has 4 atom stereocenters. The number of hydrogen-bond donors (Lipinski definition) is 3. The van der Waals surface area contributed by atoms with Crippen LogP contribution in [-0.4, -0.2) is 83.6 Å². The summed E-state index contributed by atoms with van der Waals surface area (Å²) in [5.74, 6) is -1.57. The molecule has 1 aliphatic heterocycles. The summed E-state index contributed by atoms with van der Waals surface area (Å²) in [7, 11) is 0. The van der Waals surface area contributed by atoms with E-state index in [9.17, 15) is 24.6 Å². The number of carbonyl (C=O) groups excluding carboxylic acids is 3. The zero-order valence-electron chi connectivity index (χ0n) is 20.0. The number of β-amino-alcohol motifs (C(OH)–C–C–N with tert-alkyl or cyclic N) is 1. The summed E-state index contributed by atoms with van der Waals surface area (Å²) in [6.07, 6.45) is 2.22. The van der Waals surface area contributed by atoms with Crippen LogP contribution in [0.1, 0.15) is 72.6 Å². The Bertz CT molecular complexity index is 585. The summed E-state index contributed by atoms with van der Waals surface area (Å²) in [5, 5.41) is 22.9. The summed E-state index contributed by atoms with van der Waals surface area (Å²) in [4.78, 5) is 38.6. The molecule has 1 amide bonds. The van der Waals surface area contributed by atoms with Crippen LogP contribution < -0.4 is 5.32 Å². The van der Waals surface area contributed by atoms with Crippen LogP contribution in [0.15, 0.2) is 0 Å². The Balaban J connectivity index is 2.46. The van der Waals surface area contributed by atoms with Gasteiger partial charge in [0.15, 0.2) is 0 Å². The number of amides is 1. The molecule has 9 nitrogen and oxygen atoms in total. The van der Waals surface area contributed by atoms with Gasteiger partial charge in [-0.1, -0.05) is 40.5 Å². The summed E-state index contributed by atoms with van der Waals surface area (Å²) in [6.45, 7) is 9.17. The molecule has 0 aromatic carbocycles. The van der Waals surface area contributed by atoms with Crippen molar-refractivity contribution in [2.75, 3.05) is 26.3 Å². The van der Waals surface area contributed by atoms with E-state index in [1.165, 1.54) is 0 Å². The maximum Gasteiger partial charge on any atom is 0.328 e. The Morgan fingerprint density at radius 3 is 2.38 bits per heavy atom. The topological polar surface area (TPSA) is 125 Å². The number of piperidine rings is 1. The van der Waals surface area contributed by atoms with Gasteiger partial charge in [0, 0.05) is 19.4 Å². The molecule has 0 bridgehead atoms. The fourth-order valence-corrected chi connectivity index (χ4v) is 3.61. The summed E-state index contributed by atoms with van der Waals surface area (Å²) < 4.78 is 10.5. The summed E-state index contributed by atoms with van der Waals surface area (Å²) >= 11 is 0. The van der Waals surface area contributed by atoms with Crippen molar-refractivity contribution in [3.8, 4) is 0 Å². The minimum absolute atomic E-state index is 0.0103. The molecule has 0 saturated carbocycles. The van der Waals surface area contributed by atoms with E-state index in [1.807, 2.05) is 25.7 Å². The van der Waals surface area contributed by atoms with Gasteiger partial charge in [-0.3, -0.25) is 14.5 Å². The van der Waals surface area contributed by atoms with Gasteiger partial charge in [-0.05, 0) is 25.3 Å². The molecule has 1 fully saturated rings. The number of carbonyl (C=O) groups is 3. The van der Waals surface area contributed by atoms with Gasteiger partial charge < -0.3 is 25.0 Å². The van der Waals surface area contributed by atoms with Gasteiger partial charge in [0.05, 0.1) is 31.3 Å². The minimum atomic E-state index is -0.780. The molecule has 186 valence electrons. The Morgan fingerprint density at radius 1 is 1.06 bits per heavy atom. The molecule has 0 aromatic heterocycles. The third kappa shape index (κ3) is 10.3. The monoisotopic (exact) mass is 458 g/mol. The van der Waals surface area contributed by atoms with Gasteiger partial charge in [0.2, 0.25) is 5.91 Å². The van der Waals surface area contributed by atoms with E-state index in [-0.39, 0.29) is 37.8 Å². The Hall–Kier alpha value is -1.71. The van der Waals surface area contributed by atoms with Gasteiger partial charge >= 0.3 is 11.9 Å². The van der Waals surface area contributed by atoms with E-state index < -0.39 is 36.1 Å². The van der Waals surface area contributed by atoms with Crippen LogP contribution >= 0.6 is 0 Å². The Kier molecular flexibility index (Phi) is 13.4. The maximum absolute atomic E-state index is 12.3. The van der Waals surface area contributed by atoms with Crippen molar-refractivity contribution in [1.29, 1.82) is 0 Å². The second kappa shape index (κ2) is 15.2. The van der Waals surface area contributed by atoms with Crippen LogP contribution in [0, 0.1) is 5.92 Å². The summed E-state index contributed by atoms with van der Waals surface area (Å²) in [5.41, 5.74) is 0. The Morgan fingerprint density at radius 2 is 1.75 bits per heavy atom. The van der Waals surface area contributed by atoms with E-state index >= 15 is 0 Å². The van der Waals surface area contributed by atoms with E-state index in [0.29, 0.717) is 19.7 Å². The van der Waals surface area contributed by atoms with Crippen molar-refractivity contribution in [3.05, 3.63) is 0 Å². The average Bonchev–Trinajstić information content (AvgIpc) is 2.73. The van der Waals surface area contributed by atoms with Crippen LogP contribution in [-0.2, 0) is 23.9 Å². The van der Waals surface area contributed by atoms with Crippen molar-refractivity contribution >= 4 is 17.8 Å². The van der Waals surface area contributed by atoms with E-state index in [2.05, 4.69) is 12.2 Å². The van der Waals surface area contributed by atoms with Crippen molar-refractivity contribution in [1.82, 2.24) is 10.2 Å². The van der Waals surface area contributed by atoms with Crippen LogP contribution in [0.4, 0.5) is 0 Å². The predicted molar refractivity (Wildman–Crippen MR) is 120 cm³/mol. The van der Waals surface area contributed by atoms with E-state index in [4.69, 9.17) is 9.47 Å². The molecule has 32 heavy (non-hydrogen) atoms. The highest BCUT2D eigenvalue weighted by atomic mass is 16.5. The van der Waals surface area contributed by atoms with Crippen molar-refractivity contribution in [3.63, 3.8) is 0 Å². The number of rotatable bonds is 14. The molecule has 0 aromatic rings. The quantitative estimate of drug-likeness (QED) is 0.263. The number of aliphatic hydroxyl groups excluding tert-OH is 2. The number of esters is 2. The molecule has 1 saturated heterocycles. The lowest BCUT2D eigenvalue weighted by atomic mass is 9.97. The molecule has 1 rings (SSSR count). The minimum Gasteiger partial charge on any atom is -0.464 e. The van der Waals surface area contributed by atoms with E-state index in [0.717, 1.165) is 25.7 Å². The van der Waals surface area contributed by atoms with Gasteiger partial charge in [-0.15, -0.1) is 0 Å². The number of ether oxygens (including phenoxy) is 2. The predicted octanol–water partition coefficient (Wildman–Crippen LogP) is 1.39. The van der Waals surface area contributed by atoms with Crippen LogP contribution in [0.2, 0.25) is 0 Å². The highest BCUT2D eigenvalue weighted by Gasteiger charge is 2.35. The highest BCUT2D eigenvalue weighted by molar-refractivity contribution is 5.86. The third-order valence-electron chi connectivity index (χ3n) is 5.62. The molecule has 0 unspecified atom stereocenters. The van der Waals surface area contributed by atoms with Gasteiger partial charge in [-0.2, -0.15) is 0 Å². The summed E-state index contributed by atoms with van der Waals surface area (Å²) in [6, 6.07) is -1.13. The van der Waals surface area contributed by atoms with Crippen molar-refractivity contribution < 1.29 is 34.1 Å². The molecule has 1 heterocycles. The second-order valence-electron chi connectivity index (χ2n) is 8.87. The fraction of sp³-hybridized carbons (Fsp3) is 0.870. The molecule has 1 aliphatic rings. The molecular formula is C23H42N2O7. The zero-order valence-corrected chi connectivity index (χ0v) is 20.0. The number of hydrogen-bond acceptors (Lipinski definition) is 8. The first-order valence-electron chi connectivity index (χ1n) is 11.9. The first-order chi connectivity index (χ1) is 15.2. The fourth-order valence-electron chi connectivity index (χ4n) is 3.61. The standard InChI is InChI=1S/C23H42N2O7/c1-5-7-11-25-14-17(26)13-19(27)18(25)15-32-21(29)10-9-20(28)24-22(16(3)4)23(30)31-12-8-6-2/h16-19,22,26-27H,5-15H2,1-4H3,(H,24,28)/t17-,18-,19+,22+/m1/s1. The zero-order chi connectivity index (χ0) is 24.1. The SMILES string of the molecule is CCCCOC(=O)[C@@H](NC(=O)CCC(=O)OC[C@@H]1[C@@H](O)C[C@@H](O)CN1CCCC)C(C)C. The molecule has 0 radical (unpaired) electrons. The lowest BCUT2D eigenvalue weighted by Crippen LogP contribution is -2.55. The van der Waals surface area contributed by atoms with Crippen LogP contribution in [0.3, 0.4) is 0 Å². The Labute approximate surface area is 191 Å². The normalized spacial score (nSPS) is 22.4. The molecule has 3 N–H and O–H groups in total. The van der Waals surface area contributed by atoms with Crippen molar-refractivity contribution in [2.24, 2.45) is 5.92 Å². The molecular weight excluding hydrogens is 416 g/mol. The maximum atomic E-state index is 12.3. The number of aliphatic hydroxyl groups is 2. The molecule has 0 spiro atoms. The first kappa shape index (κ1) is 28.3. The molecule has 9 heteroatoms. The number of likely N-dealkylation sites (tertiary alicyclic amines) is 1. The largest absolute Gasteiger partial charge is 0.464 e. The van der Waals surface area contributed by atoms with Crippen LogP contribution in [0.25, 0.3) is 0 Å². The first-order valence-corrected chi connectivity index (χ1v) is 11.9. The second-order valence-corrected chi connectivity index (χ2v) is 8.87. The molecule has 0 aliphatic carbocycles. The van der Waals surface area contributed by atoms with Crippen LogP contribution in [0.5, 0.6) is 0 Å². The highest BCUT2D eigenvalue weighted by Crippen LogP contribution is 2.19.